The topological polar surface area (TPSA) is 56.0 Å². The van der Waals surface area contributed by atoms with Crippen LogP contribution in [-0.4, -0.2) is 9.91 Å². The highest BCUT2D eigenvalue weighted by Gasteiger charge is 2.41. The minimum atomic E-state index is -5.12. The van der Waals surface area contributed by atoms with Crippen LogP contribution in [0, 0.1) is 10.1 Å². The monoisotopic (exact) mass is 320 g/mol. The Hall–Kier alpha value is -1.32. The Balaban J connectivity index is 3.64. The van der Waals surface area contributed by atoms with Gasteiger partial charge in [-0.3, -0.25) is 0 Å². The van der Waals surface area contributed by atoms with E-state index in [1.807, 2.05) is 0 Å². The molecule has 0 spiro atoms. The first-order valence-electron chi connectivity index (χ1n) is 3.84. The average Bonchev–Trinajstić information content (AvgIpc) is 2.14. The van der Waals surface area contributed by atoms with Crippen LogP contribution < -0.4 is 0 Å². The van der Waals surface area contributed by atoms with Crippen LogP contribution in [0.1, 0.15) is 17.6 Å². The highest BCUT2D eigenvalue weighted by atomic mass is 79.9. The zero-order chi connectivity index (χ0) is 13.4. The number of hydrogen-bond donors (Lipinski definition) is 0. The number of halogens is 6. The first-order valence-corrected chi connectivity index (χ1v) is 4.64. The first-order chi connectivity index (χ1) is 7.64. The zero-order valence-corrected chi connectivity index (χ0v) is 9.22. The number of nitro groups is 1. The second-order valence-corrected chi connectivity index (χ2v) is 3.60. The molecule has 0 aliphatic rings. The molecule has 17 heavy (non-hydrogen) atoms. The Labute approximate surface area is 98.7 Å². The van der Waals surface area contributed by atoms with Crippen molar-refractivity contribution in [3.8, 4) is 0 Å². The lowest BCUT2D eigenvalue weighted by atomic mass is 10.1. The molecule has 1 rings (SSSR count). The summed E-state index contributed by atoms with van der Waals surface area (Å²) >= 11 is 2.50. The number of rotatable bonds is 2. The molecule has 0 N–H and O–H groups in total. The van der Waals surface area contributed by atoms with Crippen LogP contribution in [0.5, 0.6) is 0 Å². The highest BCUT2D eigenvalue weighted by molar-refractivity contribution is 9.10. The van der Waals surface area contributed by atoms with E-state index >= 15 is 0 Å². The Morgan fingerprint density at radius 1 is 1.41 bits per heavy atom. The summed E-state index contributed by atoms with van der Waals surface area (Å²) in [6.45, 7) is 0. The fraction of sp³-hybridized carbons (Fsp3) is 0.286. The van der Waals surface area contributed by atoms with Crippen molar-refractivity contribution in [2.75, 3.05) is 0 Å². The molecule has 1 aromatic heterocycles. The fourth-order valence-corrected chi connectivity index (χ4v) is 1.50. The van der Waals surface area contributed by atoms with Gasteiger partial charge in [0, 0.05) is 22.0 Å². The van der Waals surface area contributed by atoms with Gasteiger partial charge in [-0.05, 0) is 9.91 Å². The van der Waals surface area contributed by atoms with Crippen molar-refractivity contribution < 1.29 is 26.9 Å². The third-order valence-electron chi connectivity index (χ3n) is 1.70. The second-order valence-electron chi connectivity index (χ2n) is 2.79. The average molecular weight is 321 g/mol. The summed E-state index contributed by atoms with van der Waals surface area (Å²) < 4.78 is 61.6. The number of nitrogens with zero attached hydrogens (tertiary/aromatic N) is 2. The Morgan fingerprint density at radius 2 is 1.94 bits per heavy atom. The van der Waals surface area contributed by atoms with Gasteiger partial charge in [0.15, 0.2) is 0 Å². The van der Waals surface area contributed by atoms with Gasteiger partial charge in [-0.25, -0.2) is 8.78 Å². The van der Waals surface area contributed by atoms with Crippen molar-refractivity contribution in [3.63, 3.8) is 0 Å². The SMILES string of the molecule is O=[N+]([O-])c1nc(Br)cc(C(F)(F)F)c1C(F)F. The molecule has 0 radical (unpaired) electrons. The Kier molecular flexibility index (Phi) is 3.65. The Bertz CT molecular complexity index is 462. The van der Waals surface area contributed by atoms with Gasteiger partial charge in [-0.1, -0.05) is 0 Å². The molecule has 0 aromatic carbocycles. The van der Waals surface area contributed by atoms with Crippen LogP contribution in [0.15, 0.2) is 10.7 Å². The summed E-state index contributed by atoms with van der Waals surface area (Å²) in [4.78, 5) is 12.0. The van der Waals surface area contributed by atoms with Crippen molar-refractivity contribution in [2.45, 2.75) is 12.6 Å². The van der Waals surface area contributed by atoms with Crippen molar-refractivity contribution in [3.05, 3.63) is 31.9 Å². The van der Waals surface area contributed by atoms with Crippen molar-refractivity contribution >= 4 is 21.7 Å². The molecule has 0 saturated carbocycles. The molecule has 4 nitrogen and oxygen atoms in total. The predicted octanol–water partition coefficient (Wildman–Crippen LogP) is 3.71. The van der Waals surface area contributed by atoms with Crippen molar-refractivity contribution in [1.29, 1.82) is 0 Å². The summed E-state index contributed by atoms with van der Waals surface area (Å²) in [6.07, 6.45) is -8.77. The predicted molar refractivity (Wildman–Crippen MR) is 48.6 cm³/mol. The van der Waals surface area contributed by atoms with E-state index < -0.39 is 39.1 Å². The van der Waals surface area contributed by atoms with E-state index in [0.717, 1.165) is 0 Å². The van der Waals surface area contributed by atoms with E-state index in [1.54, 1.807) is 0 Å². The first kappa shape index (κ1) is 13.7. The van der Waals surface area contributed by atoms with Crippen LogP contribution >= 0.6 is 15.9 Å². The van der Waals surface area contributed by atoms with Crippen LogP contribution in [0.2, 0.25) is 0 Å². The normalized spacial score (nSPS) is 11.9. The van der Waals surface area contributed by atoms with Crippen LogP contribution in [0.4, 0.5) is 27.8 Å². The lowest BCUT2D eigenvalue weighted by Gasteiger charge is -2.11. The third-order valence-corrected chi connectivity index (χ3v) is 2.11. The van der Waals surface area contributed by atoms with Crippen molar-refractivity contribution in [2.24, 2.45) is 0 Å². The minimum Gasteiger partial charge on any atom is -0.358 e. The van der Waals surface area contributed by atoms with Gasteiger partial charge in [0.2, 0.25) is 4.60 Å². The maximum Gasteiger partial charge on any atom is 0.417 e. The van der Waals surface area contributed by atoms with Gasteiger partial charge in [0.05, 0.1) is 5.56 Å². The fourth-order valence-electron chi connectivity index (χ4n) is 1.10. The molecule has 94 valence electrons. The van der Waals surface area contributed by atoms with E-state index in [9.17, 15) is 32.1 Å². The molecule has 0 bridgehead atoms. The molecule has 0 unspecified atom stereocenters. The lowest BCUT2D eigenvalue weighted by molar-refractivity contribution is -0.391. The van der Waals surface area contributed by atoms with E-state index in [0.29, 0.717) is 0 Å². The van der Waals surface area contributed by atoms with Gasteiger partial charge in [-0.15, -0.1) is 0 Å². The number of alkyl halides is 5. The maximum absolute atomic E-state index is 12.5. The summed E-state index contributed by atoms with van der Waals surface area (Å²) in [7, 11) is 0. The van der Waals surface area contributed by atoms with E-state index in [2.05, 4.69) is 20.9 Å². The van der Waals surface area contributed by atoms with Gasteiger partial charge in [-0.2, -0.15) is 13.2 Å². The standard InChI is InChI=1S/C7H2BrF5N2O2/c8-3-1-2(7(11,12)13)4(5(9)10)6(14-3)15(16)17/h1,5H. The van der Waals surface area contributed by atoms with Crippen LogP contribution in [0.3, 0.4) is 0 Å². The molecular formula is C7H2BrF5N2O2. The molecule has 0 amide bonds. The van der Waals surface area contributed by atoms with Gasteiger partial charge >= 0.3 is 12.0 Å². The van der Waals surface area contributed by atoms with Gasteiger partial charge in [0.1, 0.15) is 5.56 Å². The number of pyridine rings is 1. The van der Waals surface area contributed by atoms with E-state index in [1.165, 1.54) is 0 Å². The van der Waals surface area contributed by atoms with E-state index in [-0.39, 0.29) is 6.07 Å². The largest absolute Gasteiger partial charge is 0.417 e. The number of hydrogen-bond acceptors (Lipinski definition) is 3. The summed E-state index contributed by atoms with van der Waals surface area (Å²) in [5.74, 6) is -1.51. The summed E-state index contributed by atoms with van der Waals surface area (Å²) in [5, 5.41) is 10.4. The number of aromatic nitrogens is 1. The van der Waals surface area contributed by atoms with Crippen molar-refractivity contribution in [1.82, 2.24) is 4.98 Å². The molecular weight excluding hydrogens is 319 g/mol. The maximum atomic E-state index is 12.5. The molecule has 1 aromatic rings. The quantitative estimate of drug-likeness (QED) is 0.361. The Morgan fingerprint density at radius 3 is 2.29 bits per heavy atom. The van der Waals surface area contributed by atoms with E-state index in [4.69, 9.17) is 0 Å². The second kappa shape index (κ2) is 4.51. The summed E-state index contributed by atoms with van der Waals surface area (Å²) in [5.41, 5.74) is -3.51. The molecule has 10 heteroatoms. The summed E-state index contributed by atoms with van der Waals surface area (Å²) in [6, 6.07) is 0.272. The highest BCUT2D eigenvalue weighted by Crippen LogP contribution is 2.41. The molecule has 0 saturated heterocycles. The molecule has 0 aliphatic heterocycles. The lowest BCUT2D eigenvalue weighted by Crippen LogP contribution is -2.13. The minimum absolute atomic E-state index is 0.272. The van der Waals surface area contributed by atoms with Crippen LogP contribution in [0.25, 0.3) is 0 Å². The van der Waals surface area contributed by atoms with Gasteiger partial charge < -0.3 is 10.1 Å². The third kappa shape index (κ3) is 2.87. The van der Waals surface area contributed by atoms with Gasteiger partial charge in [0.25, 0.3) is 6.43 Å². The zero-order valence-electron chi connectivity index (χ0n) is 7.63. The molecule has 0 atom stereocenters. The molecule has 0 fully saturated rings. The smallest absolute Gasteiger partial charge is 0.358 e. The van der Waals surface area contributed by atoms with Crippen LogP contribution in [-0.2, 0) is 6.18 Å². The molecule has 1 heterocycles. The molecule has 0 aliphatic carbocycles.